The Hall–Kier alpha value is -4.77. The first-order chi connectivity index (χ1) is 27.5. The zero-order chi connectivity index (χ0) is 44.2. The summed E-state index contributed by atoms with van der Waals surface area (Å²) in [6.07, 6.45) is 5.29. The van der Waals surface area contributed by atoms with Crippen LogP contribution in [0.25, 0.3) is 0 Å². The fourth-order valence-electron chi connectivity index (χ4n) is 8.10. The van der Waals surface area contributed by atoms with Gasteiger partial charge in [-0.15, -0.1) is 0 Å². The first-order valence-electron chi connectivity index (χ1n) is 20.9. The summed E-state index contributed by atoms with van der Waals surface area (Å²) in [4.78, 5) is 120. The molecule has 0 aromatic heterocycles. The van der Waals surface area contributed by atoms with Crippen LogP contribution in [0.4, 0.5) is 4.79 Å². The topological polar surface area (TPSA) is 262 Å². The third-order valence-corrected chi connectivity index (χ3v) is 11.1. The van der Waals surface area contributed by atoms with Crippen molar-refractivity contribution in [3.63, 3.8) is 0 Å². The molecule has 0 aromatic carbocycles. The van der Waals surface area contributed by atoms with E-state index >= 15 is 0 Å². The second-order valence-electron chi connectivity index (χ2n) is 18.2. The van der Waals surface area contributed by atoms with Crippen molar-refractivity contribution >= 4 is 53.3 Å². The van der Waals surface area contributed by atoms with E-state index in [1.165, 1.54) is 7.05 Å². The van der Waals surface area contributed by atoms with Crippen LogP contribution in [0.5, 0.6) is 0 Å². The number of likely N-dealkylation sites (N-methyl/N-ethyl adjacent to an activating group) is 1. The predicted molar refractivity (Wildman–Crippen MR) is 215 cm³/mol. The number of nitrogens with zero attached hydrogens (tertiary/aromatic N) is 1. The summed E-state index contributed by atoms with van der Waals surface area (Å²) in [5.74, 6) is -5.67. The van der Waals surface area contributed by atoms with Crippen molar-refractivity contribution in [3.8, 4) is 0 Å². The summed E-state index contributed by atoms with van der Waals surface area (Å²) in [7, 11) is 1.35. The highest BCUT2D eigenvalue weighted by Gasteiger charge is 2.46. The van der Waals surface area contributed by atoms with E-state index in [0.29, 0.717) is 12.8 Å². The van der Waals surface area contributed by atoms with Gasteiger partial charge in [0, 0.05) is 20.4 Å². The van der Waals surface area contributed by atoms with Gasteiger partial charge >= 0.3 is 12.1 Å². The predicted octanol–water partition coefficient (Wildman–Crippen LogP) is 1.65. The van der Waals surface area contributed by atoms with E-state index in [4.69, 9.17) is 15.2 Å². The van der Waals surface area contributed by atoms with Crippen LogP contribution in [0.3, 0.4) is 0 Å². The molecule has 1 saturated heterocycles. The Balaban J connectivity index is 1.88. The molecule has 18 nitrogen and oxygen atoms in total. The quantitative estimate of drug-likeness (QED) is 0.122. The summed E-state index contributed by atoms with van der Waals surface area (Å²) in [6, 6.07) is -6.00. The van der Waals surface area contributed by atoms with Crippen LogP contribution in [0.1, 0.15) is 132 Å². The lowest BCUT2D eigenvalue weighted by atomic mass is 9.81. The number of ketones is 1. The molecule has 0 radical (unpaired) electrons. The normalized spacial score (nSPS) is 20.5. The minimum atomic E-state index is -1.39. The number of ether oxygens (including phenoxy) is 2. The van der Waals surface area contributed by atoms with Crippen molar-refractivity contribution in [1.82, 2.24) is 31.5 Å². The number of nitrogens with one attached hydrogen (secondary N) is 5. The molecular weight excluding hydrogens is 766 g/mol. The molecule has 3 rings (SSSR count). The van der Waals surface area contributed by atoms with Crippen LogP contribution >= 0.6 is 0 Å². The Labute approximate surface area is 347 Å². The summed E-state index contributed by atoms with van der Waals surface area (Å²) < 4.78 is 10.5. The molecule has 332 valence electrons. The van der Waals surface area contributed by atoms with Gasteiger partial charge < -0.3 is 46.7 Å². The lowest BCUT2D eigenvalue weighted by Crippen LogP contribution is -2.62. The van der Waals surface area contributed by atoms with Gasteiger partial charge in [0.1, 0.15) is 35.8 Å². The number of rotatable bonds is 16. The number of alkyl carbamates (subject to hydrolysis) is 1. The van der Waals surface area contributed by atoms with E-state index < -0.39 is 107 Å². The summed E-state index contributed by atoms with van der Waals surface area (Å²) in [6.45, 7) is 10.6. The molecule has 18 heteroatoms. The number of hydrogen-bond acceptors (Lipinski definition) is 11. The average molecular weight is 834 g/mol. The Bertz CT molecular complexity index is 1560. The second-order valence-corrected chi connectivity index (χ2v) is 18.2. The Morgan fingerprint density at radius 2 is 1.31 bits per heavy atom. The number of carbonyl (C=O) groups is 9. The number of likely N-dealkylation sites (tertiary alicyclic amines) is 1. The minimum Gasteiger partial charge on any atom is -0.452 e. The van der Waals surface area contributed by atoms with Crippen molar-refractivity contribution in [2.24, 2.45) is 23.0 Å². The largest absolute Gasteiger partial charge is 0.452 e. The van der Waals surface area contributed by atoms with Crippen molar-refractivity contribution in [1.29, 1.82) is 0 Å². The van der Waals surface area contributed by atoms with Gasteiger partial charge in [0.2, 0.25) is 29.5 Å². The molecule has 2 unspecified atom stereocenters. The lowest BCUT2D eigenvalue weighted by molar-refractivity contribution is -0.154. The zero-order valence-electron chi connectivity index (χ0n) is 36.0. The number of Topliss-reactive ketones (excluding diaryl/α,β-unsaturated/α-hetero) is 1. The molecule has 7 amide bonds. The first kappa shape index (κ1) is 48.6. The third kappa shape index (κ3) is 14.8. The molecular formula is C41H67N7O11. The number of hydrogen-bond donors (Lipinski definition) is 6. The summed E-state index contributed by atoms with van der Waals surface area (Å²) >= 11 is 0. The molecule has 3 aliphatic rings. The molecule has 2 saturated carbocycles. The number of primary amides is 1. The minimum absolute atomic E-state index is 0.122. The van der Waals surface area contributed by atoms with Crippen molar-refractivity contribution in [3.05, 3.63) is 0 Å². The fourth-order valence-corrected chi connectivity index (χ4v) is 8.10. The lowest BCUT2D eigenvalue weighted by Gasteiger charge is -2.37. The maximum Gasteiger partial charge on any atom is 0.408 e. The molecule has 0 bridgehead atoms. The highest BCUT2D eigenvalue weighted by molar-refractivity contribution is 6.02. The molecule has 1 aliphatic heterocycles. The second kappa shape index (κ2) is 21.5. The number of esters is 1. The van der Waals surface area contributed by atoms with Crippen LogP contribution in [0.2, 0.25) is 0 Å². The maximum absolute atomic E-state index is 14.5. The van der Waals surface area contributed by atoms with Gasteiger partial charge in [0.25, 0.3) is 5.91 Å². The zero-order valence-corrected chi connectivity index (χ0v) is 36.0. The smallest absolute Gasteiger partial charge is 0.408 e. The highest BCUT2D eigenvalue weighted by Crippen LogP contribution is 2.30. The standard InChI is InChI=1S/C41H67N7O11/c1-23(49)58-29(36(54)43-8)20-19-27(44-39(57)59-41(5,6)7)34(52)47-32(40(2,3)4)38(56)48-22-26(50)21-28(48)35(53)46-31(25-17-13-10-14-18-25)37(55)45-30(33(42)51)24-15-11-9-12-16-24/h24-25,27-32H,9-22H2,1-8H3,(H2,42,51)(H,43,54)(H,44,57)(H,45,55)(H,46,53)(H,47,52)/t27-,28?,29?,30-,31-,32+/m0/s1. The van der Waals surface area contributed by atoms with Crippen LogP contribution in [-0.2, 0) is 47.8 Å². The van der Waals surface area contributed by atoms with Crippen LogP contribution < -0.4 is 32.3 Å². The van der Waals surface area contributed by atoms with Gasteiger partial charge in [0.15, 0.2) is 11.9 Å². The highest BCUT2D eigenvalue weighted by atomic mass is 16.6. The van der Waals surface area contributed by atoms with E-state index in [1.54, 1.807) is 41.5 Å². The monoisotopic (exact) mass is 833 g/mol. The summed E-state index contributed by atoms with van der Waals surface area (Å²) in [5, 5.41) is 13.3. The van der Waals surface area contributed by atoms with Gasteiger partial charge in [-0.3, -0.25) is 38.4 Å². The summed E-state index contributed by atoms with van der Waals surface area (Å²) in [5.41, 5.74) is 3.83. The van der Waals surface area contributed by atoms with Crippen molar-refractivity contribution < 1.29 is 52.6 Å². The van der Waals surface area contributed by atoms with Crippen LogP contribution in [0, 0.1) is 17.3 Å². The molecule has 7 N–H and O–H groups in total. The molecule has 0 spiro atoms. The van der Waals surface area contributed by atoms with Crippen LogP contribution in [0.15, 0.2) is 0 Å². The van der Waals surface area contributed by atoms with Crippen LogP contribution in [-0.4, -0.2) is 114 Å². The molecule has 6 atom stereocenters. The maximum atomic E-state index is 14.5. The Morgan fingerprint density at radius 3 is 1.80 bits per heavy atom. The van der Waals surface area contributed by atoms with E-state index in [-0.39, 0.29) is 31.1 Å². The molecule has 0 aromatic rings. The van der Waals surface area contributed by atoms with Crippen molar-refractivity contribution in [2.45, 2.75) is 174 Å². The van der Waals surface area contributed by atoms with Gasteiger partial charge in [-0.25, -0.2) is 4.79 Å². The SMILES string of the molecule is CNC(=O)C(CC[C@H](NC(=O)OC(C)(C)C)C(=O)N[C@H](C(=O)N1CC(=O)CC1C(=O)N[C@H](C(=O)N[C@H](C(N)=O)C1CCCCC1)C1CCCCC1)C(C)(C)C)OC(C)=O. The molecule has 3 fully saturated rings. The Morgan fingerprint density at radius 1 is 0.746 bits per heavy atom. The Kier molecular flexibility index (Phi) is 17.7. The molecule has 1 heterocycles. The van der Waals surface area contributed by atoms with Gasteiger partial charge in [-0.05, 0) is 76.5 Å². The molecule has 2 aliphatic carbocycles. The van der Waals surface area contributed by atoms with E-state index in [1.807, 2.05) is 0 Å². The van der Waals surface area contributed by atoms with E-state index in [2.05, 4.69) is 26.6 Å². The van der Waals surface area contributed by atoms with Gasteiger partial charge in [0.05, 0.1) is 6.54 Å². The number of amides is 7. The van der Waals surface area contributed by atoms with Gasteiger partial charge in [-0.1, -0.05) is 59.3 Å². The number of nitrogens with two attached hydrogens (primary N) is 1. The average Bonchev–Trinajstić information content (AvgIpc) is 3.56. The van der Waals surface area contributed by atoms with Gasteiger partial charge in [-0.2, -0.15) is 0 Å². The third-order valence-electron chi connectivity index (χ3n) is 11.1. The fraction of sp³-hybridized carbons (Fsp3) is 0.780. The van der Waals surface area contributed by atoms with E-state index in [9.17, 15) is 43.2 Å². The van der Waals surface area contributed by atoms with E-state index in [0.717, 1.165) is 63.2 Å². The molecule has 59 heavy (non-hydrogen) atoms. The first-order valence-corrected chi connectivity index (χ1v) is 20.9. The number of carbonyl (C=O) groups excluding carboxylic acids is 9. The van der Waals surface area contributed by atoms with Crippen molar-refractivity contribution in [2.75, 3.05) is 13.6 Å².